The molecule has 0 atom stereocenters. The maximum Gasteiger partial charge on any atom is 0.143 e. The maximum absolute atomic E-state index is 6.69. The van der Waals surface area contributed by atoms with Crippen molar-refractivity contribution in [3.8, 4) is 22.3 Å². The van der Waals surface area contributed by atoms with Crippen LogP contribution in [0, 0.1) is 0 Å². The molecule has 0 N–H and O–H groups in total. The Morgan fingerprint density at radius 2 is 1.08 bits per heavy atom. The largest absolute Gasteiger partial charge is 0.455 e. The Balaban J connectivity index is 1.25. The van der Waals surface area contributed by atoms with E-state index in [4.69, 9.17) is 4.42 Å². The van der Waals surface area contributed by atoms with Crippen molar-refractivity contribution in [1.29, 1.82) is 0 Å². The molecule has 2 heteroatoms. The van der Waals surface area contributed by atoms with Gasteiger partial charge in [-0.15, -0.1) is 0 Å². The predicted molar refractivity (Wildman–Crippen MR) is 206 cm³/mol. The van der Waals surface area contributed by atoms with E-state index in [1.165, 1.54) is 44.2 Å². The number of furan rings is 1. The van der Waals surface area contributed by atoms with Crippen molar-refractivity contribution in [1.82, 2.24) is 0 Å². The number of benzene rings is 8. The summed E-state index contributed by atoms with van der Waals surface area (Å²) in [7, 11) is 0. The minimum atomic E-state index is -0.112. The van der Waals surface area contributed by atoms with Crippen LogP contribution in [0.2, 0.25) is 0 Å². The molecule has 10 rings (SSSR count). The molecule has 0 fully saturated rings. The van der Waals surface area contributed by atoms with Gasteiger partial charge in [0.05, 0.1) is 5.69 Å². The van der Waals surface area contributed by atoms with Crippen LogP contribution in [0.4, 0.5) is 17.1 Å². The van der Waals surface area contributed by atoms with E-state index in [-0.39, 0.29) is 5.41 Å². The zero-order valence-corrected chi connectivity index (χ0v) is 27.4. The zero-order valence-electron chi connectivity index (χ0n) is 27.4. The molecule has 0 amide bonds. The first-order valence-corrected chi connectivity index (χ1v) is 17.0. The number of rotatable bonds is 4. The highest BCUT2D eigenvalue weighted by Gasteiger charge is 2.36. The first kappa shape index (κ1) is 27.9. The third-order valence-electron chi connectivity index (χ3n) is 10.6. The van der Waals surface area contributed by atoms with Gasteiger partial charge in [0, 0.05) is 38.3 Å². The van der Waals surface area contributed by atoms with Crippen LogP contribution in [0.15, 0.2) is 168 Å². The van der Waals surface area contributed by atoms with E-state index in [2.05, 4.69) is 183 Å². The first-order chi connectivity index (χ1) is 24.0. The molecule has 1 heterocycles. The summed E-state index contributed by atoms with van der Waals surface area (Å²) in [5, 5.41) is 6.89. The van der Waals surface area contributed by atoms with Crippen molar-refractivity contribution in [3.05, 3.63) is 175 Å². The summed E-state index contributed by atoms with van der Waals surface area (Å²) in [6.45, 7) is 4.70. The molecule has 0 unspecified atom stereocenters. The van der Waals surface area contributed by atoms with E-state index in [0.717, 1.165) is 49.8 Å². The Labute approximate surface area is 285 Å². The fraction of sp³-hybridized carbons (Fsp3) is 0.0638. The van der Waals surface area contributed by atoms with Crippen molar-refractivity contribution >= 4 is 60.5 Å². The van der Waals surface area contributed by atoms with Gasteiger partial charge in [0.1, 0.15) is 11.2 Å². The van der Waals surface area contributed by atoms with Gasteiger partial charge in [-0.05, 0) is 86.6 Å². The molecule has 8 aromatic carbocycles. The quantitative estimate of drug-likeness (QED) is 0.193. The molecule has 0 saturated heterocycles. The maximum atomic E-state index is 6.69. The summed E-state index contributed by atoms with van der Waals surface area (Å²) < 4.78 is 6.69. The molecule has 0 spiro atoms. The highest BCUT2D eigenvalue weighted by molar-refractivity contribution is 6.21. The molecule has 0 saturated carbocycles. The van der Waals surface area contributed by atoms with Gasteiger partial charge in [0.25, 0.3) is 0 Å². The van der Waals surface area contributed by atoms with Crippen LogP contribution < -0.4 is 4.90 Å². The second-order valence-electron chi connectivity index (χ2n) is 13.8. The molecule has 0 bridgehead atoms. The van der Waals surface area contributed by atoms with Crippen LogP contribution in [-0.4, -0.2) is 0 Å². The highest BCUT2D eigenvalue weighted by atomic mass is 16.3. The molecular weight excluding hydrogens is 595 g/mol. The Hall–Kier alpha value is -6.12. The number of anilines is 3. The molecule has 0 radical (unpaired) electrons. The van der Waals surface area contributed by atoms with Crippen LogP contribution in [0.5, 0.6) is 0 Å². The van der Waals surface area contributed by atoms with E-state index in [9.17, 15) is 0 Å². The van der Waals surface area contributed by atoms with Gasteiger partial charge in [-0.3, -0.25) is 0 Å². The number of nitrogens with zero attached hydrogens (tertiary/aromatic N) is 1. The summed E-state index contributed by atoms with van der Waals surface area (Å²) in [5.74, 6) is 0. The van der Waals surface area contributed by atoms with Gasteiger partial charge in [0.15, 0.2) is 0 Å². The SMILES string of the molecule is CC1(C)c2ccccc2-c2ccc(N(c3ccc(-c4ccccc4)cc3)c3cc4c5cc6ccccc6cc5oc4c4ccccc34)cc21. The lowest BCUT2D eigenvalue weighted by molar-refractivity contribution is 0.660. The minimum Gasteiger partial charge on any atom is -0.455 e. The summed E-state index contributed by atoms with van der Waals surface area (Å²) in [4.78, 5) is 2.44. The van der Waals surface area contributed by atoms with E-state index in [1.807, 2.05) is 0 Å². The zero-order chi connectivity index (χ0) is 32.7. The Kier molecular flexibility index (Phi) is 5.95. The summed E-state index contributed by atoms with van der Waals surface area (Å²) in [5.41, 5.74) is 12.9. The van der Waals surface area contributed by atoms with Gasteiger partial charge < -0.3 is 9.32 Å². The highest BCUT2D eigenvalue weighted by Crippen LogP contribution is 2.51. The fourth-order valence-electron chi connectivity index (χ4n) is 8.14. The lowest BCUT2D eigenvalue weighted by Crippen LogP contribution is -2.16. The Bertz CT molecular complexity index is 2730. The smallest absolute Gasteiger partial charge is 0.143 e. The van der Waals surface area contributed by atoms with E-state index in [1.54, 1.807) is 0 Å². The van der Waals surface area contributed by atoms with Crippen LogP contribution in [0.1, 0.15) is 25.0 Å². The summed E-state index contributed by atoms with van der Waals surface area (Å²) in [6, 6.07) is 59.5. The molecule has 2 nitrogen and oxygen atoms in total. The van der Waals surface area contributed by atoms with Crippen LogP contribution in [0.3, 0.4) is 0 Å². The van der Waals surface area contributed by atoms with E-state index >= 15 is 0 Å². The van der Waals surface area contributed by atoms with Gasteiger partial charge >= 0.3 is 0 Å². The fourth-order valence-corrected chi connectivity index (χ4v) is 8.14. The number of hydrogen-bond donors (Lipinski definition) is 0. The minimum absolute atomic E-state index is 0.112. The normalized spacial score (nSPS) is 13.3. The van der Waals surface area contributed by atoms with Crippen LogP contribution >= 0.6 is 0 Å². The monoisotopic (exact) mass is 627 g/mol. The average Bonchev–Trinajstić information content (AvgIpc) is 3.62. The molecular formula is C47H33NO. The van der Waals surface area contributed by atoms with Gasteiger partial charge in [0.2, 0.25) is 0 Å². The standard InChI is InChI=1S/C47H33NO/c1-47(2)42-19-11-10-16-36(42)37-25-24-35(28-43(37)47)48(34-22-20-31(21-23-34)30-12-4-3-5-13-30)44-29-41-40-26-32-14-6-7-15-33(32)27-45(40)49-46(41)39-18-9-8-17-38(39)44/h3-29H,1-2H3. The van der Waals surface area contributed by atoms with E-state index in [0.29, 0.717) is 0 Å². The predicted octanol–water partition coefficient (Wildman–Crippen LogP) is 13.3. The second-order valence-corrected chi connectivity index (χ2v) is 13.8. The summed E-state index contributed by atoms with van der Waals surface area (Å²) in [6.07, 6.45) is 0. The van der Waals surface area contributed by atoms with Crippen LogP contribution in [0.25, 0.3) is 65.7 Å². The van der Waals surface area contributed by atoms with Crippen LogP contribution in [-0.2, 0) is 5.41 Å². The molecule has 1 aromatic heterocycles. The number of fused-ring (bicyclic) bond motifs is 9. The lowest BCUT2D eigenvalue weighted by Gasteiger charge is -2.29. The van der Waals surface area contributed by atoms with Gasteiger partial charge in [-0.25, -0.2) is 0 Å². The topological polar surface area (TPSA) is 16.4 Å². The van der Waals surface area contributed by atoms with Crippen molar-refractivity contribution in [3.63, 3.8) is 0 Å². The molecule has 232 valence electrons. The van der Waals surface area contributed by atoms with Crippen molar-refractivity contribution in [2.24, 2.45) is 0 Å². The Morgan fingerprint density at radius 3 is 1.90 bits per heavy atom. The number of hydrogen-bond acceptors (Lipinski definition) is 2. The lowest BCUT2D eigenvalue weighted by atomic mass is 9.82. The van der Waals surface area contributed by atoms with E-state index < -0.39 is 0 Å². The van der Waals surface area contributed by atoms with Gasteiger partial charge in [-0.2, -0.15) is 0 Å². The summed E-state index contributed by atoms with van der Waals surface area (Å²) >= 11 is 0. The third kappa shape index (κ3) is 4.20. The molecule has 1 aliphatic rings. The third-order valence-corrected chi connectivity index (χ3v) is 10.6. The van der Waals surface area contributed by atoms with Crippen molar-refractivity contribution < 1.29 is 4.42 Å². The molecule has 1 aliphatic carbocycles. The second kappa shape index (κ2) is 10.4. The van der Waals surface area contributed by atoms with Gasteiger partial charge in [-0.1, -0.05) is 135 Å². The Morgan fingerprint density at radius 1 is 0.449 bits per heavy atom. The average molecular weight is 628 g/mol. The first-order valence-electron chi connectivity index (χ1n) is 17.0. The van der Waals surface area contributed by atoms with Crippen molar-refractivity contribution in [2.75, 3.05) is 4.90 Å². The molecule has 0 aliphatic heterocycles. The molecule has 9 aromatic rings. The van der Waals surface area contributed by atoms with Crippen molar-refractivity contribution in [2.45, 2.75) is 19.3 Å². The molecule has 49 heavy (non-hydrogen) atoms.